The number of nitrogens with zero attached hydrogens (tertiary/aromatic N) is 1. The van der Waals surface area contributed by atoms with Gasteiger partial charge >= 0.3 is 5.97 Å². The molecule has 11 heavy (non-hydrogen) atoms. The molecule has 62 valence electrons. The molecular weight excluding hydrogens is 148 g/mol. The van der Waals surface area contributed by atoms with Gasteiger partial charge in [0.05, 0.1) is 0 Å². The largest absolute Gasteiger partial charge is 0.480 e. The summed E-state index contributed by atoms with van der Waals surface area (Å²) in [6.07, 6.45) is 0.889. The highest BCUT2D eigenvalue weighted by atomic mass is 16.4. The number of carbonyl (C=O) groups excluding carboxylic acids is 1. The number of aliphatic carboxylic acids is 1. The van der Waals surface area contributed by atoms with Gasteiger partial charge in [-0.05, 0) is 6.42 Å². The predicted octanol–water partition coefficient (Wildman–Crippen LogP) is -1.37. The minimum absolute atomic E-state index is 0.193. The smallest absolute Gasteiger partial charge is 0.326 e. The maximum absolute atomic E-state index is 10.5. The van der Waals surface area contributed by atoms with E-state index in [2.05, 4.69) is 0 Å². The zero-order chi connectivity index (χ0) is 8.43. The van der Waals surface area contributed by atoms with Gasteiger partial charge in [0, 0.05) is 12.6 Å². The van der Waals surface area contributed by atoms with E-state index in [9.17, 15) is 9.59 Å². The zero-order valence-corrected chi connectivity index (χ0v) is 5.93. The number of hydrogen-bond donors (Lipinski definition) is 2. The highest BCUT2D eigenvalue weighted by Crippen LogP contribution is 2.13. The second-order valence-corrected chi connectivity index (χ2v) is 2.65. The fourth-order valence-corrected chi connectivity index (χ4v) is 1.25. The van der Waals surface area contributed by atoms with Crippen LogP contribution in [0.2, 0.25) is 0 Å². The minimum Gasteiger partial charge on any atom is -0.480 e. The molecule has 0 aromatic rings. The highest BCUT2D eigenvalue weighted by Gasteiger charge is 2.33. The van der Waals surface area contributed by atoms with E-state index in [1.54, 1.807) is 0 Å². The molecule has 1 saturated heterocycles. The Morgan fingerprint density at radius 2 is 2.36 bits per heavy atom. The van der Waals surface area contributed by atoms with Crippen LogP contribution in [0.15, 0.2) is 0 Å². The second kappa shape index (κ2) is 2.87. The summed E-state index contributed by atoms with van der Waals surface area (Å²) in [4.78, 5) is 22.0. The van der Waals surface area contributed by atoms with Crippen LogP contribution < -0.4 is 5.73 Å². The van der Waals surface area contributed by atoms with E-state index in [1.165, 1.54) is 4.90 Å². The molecule has 3 N–H and O–H groups in total. The van der Waals surface area contributed by atoms with Gasteiger partial charge in [-0.1, -0.05) is 0 Å². The van der Waals surface area contributed by atoms with Crippen molar-refractivity contribution in [1.82, 2.24) is 4.90 Å². The Morgan fingerprint density at radius 3 is 2.73 bits per heavy atom. The van der Waals surface area contributed by atoms with Gasteiger partial charge in [-0.15, -0.1) is 0 Å². The normalized spacial score (nSPS) is 30.5. The number of hydrogen-bond acceptors (Lipinski definition) is 3. The van der Waals surface area contributed by atoms with Crippen molar-refractivity contribution in [2.75, 3.05) is 6.54 Å². The van der Waals surface area contributed by atoms with Crippen LogP contribution in [0.25, 0.3) is 0 Å². The van der Waals surface area contributed by atoms with E-state index in [1.807, 2.05) is 0 Å². The number of rotatable bonds is 2. The SMILES string of the molecule is NC1CC(C(=O)O)N(C=O)C1. The van der Waals surface area contributed by atoms with Crippen molar-refractivity contribution in [2.45, 2.75) is 18.5 Å². The van der Waals surface area contributed by atoms with Gasteiger partial charge in [-0.2, -0.15) is 0 Å². The third kappa shape index (κ3) is 1.48. The predicted molar refractivity (Wildman–Crippen MR) is 36.8 cm³/mol. The number of carboxylic acid groups (broad SMARTS) is 1. The first-order chi connectivity index (χ1) is 5.15. The number of nitrogens with two attached hydrogens (primary N) is 1. The van der Waals surface area contributed by atoms with Crippen molar-refractivity contribution in [2.24, 2.45) is 5.73 Å². The van der Waals surface area contributed by atoms with E-state index >= 15 is 0 Å². The van der Waals surface area contributed by atoms with Crippen molar-refractivity contribution in [3.8, 4) is 0 Å². The average Bonchev–Trinajstić information content (AvgIpc) is 2.30. The molecule has 1 aliphatic heterocycles. The third-order valence-electron chi connectivity index (χ3n) is 1.79. The van der Waals surface area contributed by atoms with Crippen LogP contribution in [0, 0.1) is 0 Å². The van der Waals surface area contributed by atoms with Crippen LogP contribution in [0.5, 0.6) is 0 Å². The van der Waals surface area contributed by atoms with E-state index in [0.29, 0.717) is 19.4 Å². The summed E-state index contributed by atoms with van der Waals surface area (Å²) in [5.74, 6) is -0.981. The molecule has 1 rings (SSSR count). The fourth-order valence-electron chi connectivity index (χ4n) is 1.25. The highest BCUT2D eigenvalue weighted by molar-refractivity contribution is 5.77. The molecule has 0 aromatic heterocycles. The quantitative estimate of drug-likeness (QED) is 0.485. The minimum atomic E-state index is -0.981. The molecular formula is C6H10N2O3. The number of likely N-dealkylation sites (tertiary alicyclic amines) is 1. The lowest BCUT2D eigenvalue weighted by Crippen LogP contribution is -2.34. The number of amides is 1. The lowest BCUT2D eigenvalue weighted by atomic mass is 10.2. The van der Waals surface area contributed by atoms with E-state index in [4.69, 9.17) is 10.8 Å². The molecule has 5 nitrogen and oxygen atoms in total. The van der Waals surface area contributed by atoms with E-state index < -0.39 is 12.0 Å². The molecule has 1 fully saturated rings. The van der Waals surface area contributed by atoms with Gasteiger partial charge in [0.2, 0.25) is 6.41 Å². The molecule has 0 spiro atoms. The number of carbonyl (C=O) groups is 2. The van der Waals surface area contributed by atoms with E-state index in [0.717, 1.165) is 0 Å². The Morgan fingerprint density at radius 1 is 1.73 bits per heavy atom. The van der Waals surface area contributed by atoms with Gasteiger partial charge in [0.25, 0.3) is 0 Å². The van der Waals surface area contributed by atoms with Crippen molar-refractivity contribution in [1.29, 1.82) is 0 Å². The van der Waals surface area contributed by atoms with Crippen LogP contribution in [-0.4, -0.2) is 41.0 Å². The molecule has 1 amide bonds. The fraction of sp³-hybridized carbons (Fsp3) is 0.667. The third-order valence-corrected chi connectivity index (χ3v) is 1.79. The summed E-state index contributed by atoms with van der Waals surface area (Å²) >= 11 is 0. The van der Waals surface area contributed by atoms with Gasteiger partial charge in [0.1, 0.15) is 6.04 Å². The first kappa shape index (κ1) is 8.00. The van der Waals surface area contributed by atoms with Crippen molar-refractivity contribution >= 4 is 12.4 Å². The summed E-state index contributed by atoms with van der Waals surface area (Å²) in [6.45, 7) is 0.348. The van der Waals surface area contributed by atoms with Gasteiger partial charge in [0.15, 0.2) is 0 Å². The molecule has 0 saturated carbocycles. The molecule has 0 radical (unpaired) electrons. The Kier molecular flexibility index (Phi) is 2.09. The summed E-state index contributed by atoms with van der Waals surface area (Å²) in [5.41, 5.74) is 5.46. The summed E-state index contributed by atoms with van der Waals surface area (Å²) in [5, 5.41) is 8.58. The monoisotopic (exact) mass is 158 g/mol. The summed E-state index contributed by atoms with van der Waals surface area (Å²) in [7, 11) is 0. The average molecular weight is 158 g/mol. The molecule has 0 bridgehead atoms. The second-order valence-electron chi connectivity index (χ2n) is 2.65. The molecule has 2 atom stereocenters. The summed E-state index contributed by atoms with van der Waals surface area (Å²) in [6, 6.07) is -0.913. The molecule has 2 unspecified atom stereocenters. The first-order valence-corrected chi connectivity index (χ1v) is 3.34. The topological polar surface area (TPSA) is 83.6 Å². The zero-order valence-electron chi connectivity index (χ0n) is 5.93. The maximum atomic E-state index is 10.5. The van der Waals surface area contributed by atoms with Crippen LogP contribution in [0.1, 0.15) is 6.42 Å². The Hall–Kier alpha value is -1.10. The Balaban J connectivity index is 2.64. The Bertz CT molecular complexity index is 183. The Labute approximate surface area is 63.8 Å². The van der Waals surface area contributed by atoms with Crippen molar-refractivity contribution < 1.29 is 14.7 Å². The lowest BCUT2D eigenvalue weighted by Gasteiger charge is -2.13. The van der Waals surface area contributed by atoms with Crippen LogP contribution in [0.4, 0.5) is 0 Å². The maximum Gasteiger partial charge on any atom is 0.326 e. The first-order valence-electron chi connectivity index (χ1n) is 3.34. The van der Waals surface area contributed by atoms with Crippen LogP contribution >= 0.6 is 0 Å². The molecule has 0 aliphatic carbocycles. The van der Waals surface area contributed by atoms with E-state index in [-0.39, 0.29) is 6.04 Å². The standard InChI is InChI=1S/C6H10N2O3/c7-4-1-5(6(10)11)8(2-4)3-9/h3-5H,1-2,7H2,(H,10,11). The van der Waals surface area contributed by atoms with Gasteiger partial charge in [-0.3, -0.25) is 4.79 Å². The summed E-state index contributed by atoms with van der Waals surface area (Å²) < 4.78 is 0. The number of carboxylic acids is 1. The van der Waals surface area contributed by atoms with Crippen molar-refractivity contribution in [3.05, 3.63) is 0 Å². The molecule has 5 heteroatoms. The van der Waals surface area contributed by atoms with Crippen LogP contribution in [-0.2, 0) is 9.59 Å². The van der Waals surface area contributed by atoms with Crippen molar-refractivity contribution in [3.63, 3.8) is 0 Å². The molecule has 1 aliphatic rings. The van der Waals surface area contributed by atoms with Gasteiger partial charge < -0.3 is 15.7 Å². The van der Waals surface area contributed by atoms with Crippen LogP contribution in [0.3, 0.4) is 0 Å². The van der Waals surface area contributed by atoms with Gasteiger partial charge in [-0.25, -0.2) is 4.79 Å². The molecule has 0 aromatic carbocycles. The lowest BCUT2D eigenvalue weighted by molar-refractivity contribution is -0.144. The molecule has 1 heterocycles.